The monoisotopic (exact) mass is 211 g/mol. The van der Waals surface area contributed by atoms with Gasteiger partial charge in [-0.25, -0.2) is 4.79 Å². The van der Waals surface area contributed by atoms with Crippen LogP contribution in [0.15, 0.2) is 22.8 Å². The van der Waals surface area contributed by atoms with E-state index in [4.69, 9.17) is 14.9 Å². The van der Waals surface area contributed by atoms with Gasteiger partial charge in [-0.3, -0.25) is 0 Å². The maximum absolute atomic E-state index is 11.3. The SMILES string of the molecule is CCC(C)(N)CCOC(=O)c1ccco1. The van der Waals surface area contributed by atoms with Crippen molar-refractivity contribution in [3.05, 3.63) is 24.2 Å². The van der Waals surface area contributed by atoms with Crippen LogP contribution in [0.25, 0.3) is 0 Å². The molecule has 0 saturated carbocycles. The highest BCUT2D eigenvalue weighted by atomic mass is 16.5. The van der Waals surface area contributed by atoms with Crippen LogP contribution in [0, 0.1) is 0 Å². The van der Waals surface area contributed by atoms with Crippen molar-refractivity contribution >= 4 is 5.97 Å². The second kappa shape index (κ2) is 4.98. The van der Waals surface area contributed by atoms with Gasteiger partial charge in [-0.05, 0) is 31.9 Å². The van der Waals surface area contributed by atoms with Gasteiger partial charge in [0, 0.05) is 5.54 Å². The summed E-state index contributed by atoms with van der Waals surface area (Å²) in [5, 5.41) is 0. The highest BCUT2D eigenvalue weighted by molar-refractivity contribution is 5.86. The molecule has 0 aliphatic carbocycles. The lowest BCUT2D eigenvalue weighted by atomic mass is 9.97. The van der Waals surface area contributed by atoms with Gasteiger partial charge >= 0.3 is 5.97 Å². The van der Waals surface area contributed by atoms with Gasteiger partial charge in [-0.2, -0.15) is 0 Å². The lowest BCUT2D eigenvalue weighted by Crippen LogP contribution is -2.36. The van der Waals surface area contributed by atoms with E-state index in [9.17, 15) is 4.79 Å². The maximum Gasteiger partial charge on any atom is 0.374 e. The zero-order chi connectivity index (χ0) is 11.3. The first-order chi connectivity index (χ1) is 7.05. The summed E-state index contributed by atoms with van der Waals surface area (Å²) in [5.41, 5.74) is 5.63. The Morgan fingerprint density at radius 1 is 1.67 bits per heavy atom. The zero-order valence-electron chi connectivity index (χ0n) is 9.16. The van der Waals surface area contributed by atoms with Gasteiger partial charge < -0.3 is 14.9 Å². The minimum Gasteiger partial charge on any atom is -0.460 e. The Morgan fingerprint density at radius 3 is 2.93 bits per heavy atom. The van der Waals surface area contributed by atoms with E-state index in [1.807, 2.05) is 13.8 Å². The second-order valence-electron chi connectivity index (χ2n) is 3.87. The van der Waals surface area contributed by atoms with Crippen LogP contribution in [0.5, 0.6) is 0 Å². The molecule has 0 spiro atoms. The Morgan fingerprint density at radius 2 is 2.40 bits per heavy atom. The molecule has 15 heavy (non-hydrogen) atoms. The normalized spacial score (nSPS) is 14.6. The third kappa shape index (κ3) is 3.75. The van der Waals surface area contributed by atoms with E-state index in [1.165, 1.54) is 6.26 Å². The van der Waals surface area contributed by atoms with Gasteiger partial charge in [0.25, 0.3) is 0 Å². The Hall–Kier alpha value is -1.29. The zero-order valence-corrected chi connectivity index (χ0v) is 9.16. The number of furan rings is 1. The van der Waals surface area contributed by atoms with Crippen LogP contribution in [-0.2, 0) is 4.74 Å². The molecule has 1 heterocycles. The minimum absolute atomic E-state index is 0.227. The van der Waals surface area contributed by atoms with E-state index < -0.39 is 5.97 Å². The van der Waals surface area contributed by atoms with Crippen LogP contribution in [0.3, 0.4) is 0 Å². The fourth-order valence-corrected chi connectivity index (χ4v) is 1.02. The van der Waals surface area contributed by atoms with Crippen LogP contribution < -0.4 is 5.73 Å². The van der Waals surface area contributed by atoms with E-state index in [-0.39, 0.29) is 11.3 Å². The smallest absolute Gasteiger partial charge is 0.374 e. The molecule has 2 N–H and O–H groups in total. The van der Waals surface area contributed by atoms with Crippen LogP contribution in [0.4, 0.5) is 0 Å². The predicted octanol–water partition coefficient (Wildman–Crippen LogP) is 1.95. The first-order valence-electron chi connectivity index (χ1n) is 5.04. The van der Waals surface area contributed by atoms with Gasteiger partial charge in [-0.1, -0.05) is 6.92 Å². The molecule has 84 valence electrons. The molecule has 0 radical (unpaired) electrons. The second-order valence-corrected chi connectivity index (χ2v) is 3.87. The van der Waals surface area contributed by atoms with Crippen LogP contribution in [0.1, 0.15) is 37.2 Å². The highest BCUT2D eigenvalue weighted by Gasteiger charge is 2.17. The summed E-state index contributed by atoms with van der Waals surface area (Å²) in [7, 11) is 0. The van der Waals surface area contributed by atoms with E-state index in [0.717, 1.165) is 6.42 Å². The number of nitrogens with two attached hydrogens (primary N) is 1. The molecule has 0 amide bonds. The Balaban J connectivity index is 2.30. The van der Waals surface area contributed by atoms with E-state index >= 15 is 0 Å². The summed E-state index contributed by atoms with van der Waals surface area (Å²) in [6.45, 7) is 4.27. The average molecular weight is 211 g/mol. The fraction of sp³-hybridized carbons (Fsp3) is 0.545. The van der Waals surface area contributed by atoms with Crippen molar-refractivity contribution in [3.8, 4) is 0 Å². The molecule has 0 aliphatic rings. The largest absolute Gasteiger partial charge is 0.460 e. The van der Waals surface area contributed by atoms with E-state index in [0.29, 0.717) is 13.0 Å². The summed E-state index contributed by atoms with van der Waals surface area (Å²) in [4.78, 5) is 11.3. The van der Waals surface area contributed by atoms with Gasteiger partial charge in [0.15, 0.2) is 0 Å². The van der Waals surface area contributed by atoms with E-state index in [2.05, 4.69) is 0 Å². The molecule has 1 rings (SSSR count). The van der Waals surface area contributed by atoms with Crippen molar-refractivity contribution in [2.45, 2.75) is 32.2 Å². The van der Waals surface area contributed by atoms with Gasteiger partial charge in [0.1, 0.15) is 0 Å². The summed E-state index contributed by atoms with van der Waals surface area (Å²) >= 11 is 0. The third-order valence-electron chi connectivity index (χ3n) is 2.44. The molecule has 4 heteroatoms. The molecule has 1 aromatic heterocycles. The molecule has 0 saturated heterocycles. The Labute approximate surface area is 89.4 Å². The third-order valence-corrected chi connectivity index (χ3v) is 2.44. The fourth-order valence-electron chi connectivity index (χ4n) is 1.02. The standard InChI is InChI=1S/C11H17NO3/c1-3-11(2,12)6-8-15-10(13)9-5-4-7-14-9/h4-5,7H,3,6,8,12H2,1-2H3. The van der Waals surface area contributed by atoms with Gasteiger partial charge in [0.2, 0.25) is 5.76 Å². The molecule has 0 fully saturated rings. The van der Waals surface area contributed by atoms with Gasteiger partial charge in [-0.15, -0.1) is 0 Å². The van der Waals surface area contributed by atoms with Crippen LogP contribution in [-0.4, -0.2) is 18.1 Å². The van der Waals surface area contributed by atoms with Crippen molar-refractivity contribution < 1.29 is 13.9 Å². The summed E-state index contributed by atoms with van der Waals surface area (Å²) in [5.74, 6) is -0.211. The average Bonchev–Trinajstić information content (AvgIpc) is 2.70. The molecule has 0 bridgehead atoms. The number of ether oxygens (including phenoxy) is 1. The molecule has 0 aromatic carbocycles. The van der Waals surface area contributed by atoms with Crippen molar-refractivity contribution in [2.24, 2.45) is 5.73 Å². The first-order valence-corrected chi connectivity index (χ1v) is 5.04. The van der Waals surface area contributed by atoms with Crippen molar-refractivity contribution in [2.75, 3.05) is 6.61 Å². The number of esters is 1. The quantitative estimate of drug-likeness (QED) is 0.756. The lowest BCUT2D eigenvalue weighted by Gasteiger charge is -2.21. The predicted molar refractivity (Wildman–Crippen MR) is 56.5 cm³/mol. The van der Waals surface area contributed by atoms with Crippen LogP contribution >= 0.6 is 0 Å². The number of carbonyl (C=O) groups is 1. The summed E-state index contributed by atoms with van der Waals surface area (Å²) in [6.07, 6.45) is 2.94. The van der Waals surface area contributed by atoms with Crippen LogP contribution in [0.2, 0.25) is 0 Å². The lowest BCUT2D eigenvalue weighted by molar-refractivity contribution is 0.0441. The Kier molecular flexibility index (Phi) is 3.91. The molecular formula is C11H17NO3. The summed E-state index contributed by atoms with van der Waals surface area (Å²) in [6, 6.07) is 3.22. The Bertz CT molecular complexity index is 304. The van der Waals surface area contributed by atoms with Crippen molar-refractivity contribution in [1.29, 1.82) is 0 Å². The molecule has 1 aromatic rings. The number of hydrogen-bond donors (Lipinski definition) is 1. The first kappa shape index (κ1) is 11.8. The number of hydrogen-bond acceptors (Lipinski definition) is 4. The van der Waals surface area contributed by atoms with Gasteiger partial charge in [0.05, 0.1) is 12.9 Å². The minimum atomic E-state index is -0.438. The molecule has 4 nitrogen and oxygen atoms in total. The molecular weight excluding hydrogens is 194 g/mol. The molecule has 1 atom stereocenters. The van der Waals surface area contributed by atoms with Crippen molar-refractivity contribution in [1.82, 2.24) is 0 Å². The number of carbonyl (C=O) groups excluding carboxylic acids is 1. The highest BCUT2D eigenvalue weighted by Crippen LogP contribution is 2.11. The topological polar surface area (TPSA) is 65.5 Å². The van der Waals surface area contributed by atoms with E-state index in [1.54, 1.807) is 12.1 Å². The van der Waals surface area contributed by atoms with Crippen molar-refractivity contribution in [3.63, 3.8) is 0 Å². The molecule has 0 aliphatic heterocycles. The number of rotatable bonds is 5. The summed E-state index contributed by atoms with van der Waals surface area (Å²) < 4.78 is 9.91. The maximum atomic E-state index is 11.3. The molecule has 1 unspecified atom stereocenters.